The highest BCUT2D eigenvalue weighted by Crippen LogP contribution is 2.40. The minimum Gasteiger partial charge on any atom is -0.454 e. The van der Waals surface area contributed by atoms with E-state index in [2.05, 4.69) is 42.2 Å². The number of rotatable bonds is 4. The predicted octanol–water partition coefficient (Wildman–Crippen LogP) is 2.27. The lowest BCUT2D eigenvalue weighted by atomic mass is 9.74. The van der Waals surface area contributed by atoms with E-state index in [0.29, 0.717) is 6.79 Å². The number of ether oxygens (including phenoxy) is 3. The first-order valence-electron chi connectivity index (χ1n) is 11.2. The van der Waals surface area contributed by atoms with Crippen LogP contribution in [0.5, 0.6) is 11.5 Å². The third-order valence-corrected chi connectivity index (χ3v) is 6.65. The van der Waals surface area contributed by atoms with Crippen LogP contribution < -0.4 is 19.7 Å². The van der Waals surface area contributed by atoms with E-state index in [4.69, 9.17) is 14.2 Å². The van der Waals surface area contributed by atoms with E-state index in [9.17, 15) is 0 Å². The summed E-state index contributed by atoms with van der Waals surface area (Å²) in [4.78, 5) is 17.9. The smallest absolute Gasteiger partial charge is 0.231 e. The summed E-state index contributed by atoms with van der Waals surface area (Å²) in [5.74, 6) is 3.38. The van der Waals surface area contributed by atoms with Gasteiger partial charge in [0.15, 0.2) is 17.5 Å². The largest absolute Gasteiger partial charge is 0.454 e. The number of guanidine groups is 1. The highest BCUT2D eigenvalue weighted by atomic mass is 127. The van der Waals surface area contributed by atoms with E-state index < -0.39 is 0 Å². The number of halogens is 1. The van der Waals surface area contributed by atoms with E-state index in [0.717, 1.165) is 82.2 Å². The second-order valence-corrected chi connectivity index (χ2v) is 8.38. The summed E-state index contributed by atoms with van der Waals surface area (Å²) in [6.45, 7) is 6.08. The van der Waals surface area contributed by atoms with Crippen LogP contribution >= 0.6 is 24.0 Å². The van der Waals surface area contributed by atoms with Crippen LogP contribution in [0.4, 0.5) is 5.95 Å². The van der Waals surface area contributed by atoms with Gasteiger partial charge in [0.1, 0.15) is 0 Å². The third kappa shape index (κ3) is 5.11. The number of hydrogen-bond acceptors (Lipinski definition) is 7. The van der Waals surface area contributed by atoms with Gasteiger partial charge in [-0.25, -0.2) is 9.97 Å². The number of piperazine rings is 1. The quantitative estimate of drug-likeness (QED) is 0.343. The van der Waals surface area contributed by atoms with Gasteiger partial charge in [0.25, 0.3) is 0 Å². The molecule has 0 saturated carbocycles. The lowest BCUT2D eigenvalue weighted by molar-refractivity contribution is 0.0511. The fourth-order valence-electron chi connectivity index (χ4n) is 4.71. The fraction of sp³-hybridized carbons (Fsp3) is 0.522. The Bertz CT molecular complexity index is 946. The molecule has 3 aliphatic heterocycles. The normalized spacial score (nSPS) is 19.7. The van der Waals surface area contributed by atoms with Gasteiger partial charge in [-0.3, -0.25) is 4.99 Å². The van der Waals surface area contributed by atoms with Gasteiger partial charge in [-0.2, -0.15) is 0 Å². The molecule has 2 saturated heterocycles. The van der Waals surface area contributed by atoms with Crippen molar-refractivity contribution >= 4 is 35.9 Å². The van der Waals surface area contributed by atoms with E-state index in [1.54, 1.807) is 12.4 Å². The highest BCUT2D eigenvalue weighted by Gasteiger charge is 2.36. The summed E-state index contributed by atoms with van der Waals surface area (Å²) in [5, 5.41) is 3.67. The standard InChI is InChI=1S/C23H30N6O3.HI/c1-24-21(28-9-11-29(12-10-28)22-25-7-2-8-26-22)27-16-23(5-13-30-14-6-23)18-3-4-19-20(15-18)32-17-31-19;/h2-4,7-8,15H,5-6,9-14,16-17H2,1H3,(H,24,27);1H. The molecule has 1 aromatic heterocycles. The van der Waals surface area contributed by atoms with Crippen molar-refractivity contribution in [2.45, 2.75) is 18.3 Å². The molecule has 9 nitrogen and oxygen atoms in total. The summed E-state index contributed by atoms with van der Waals surface area (Å²) in [5.41, 5.74) is 1.23. The topological polar surface area (TPSA) is 84.3 Å². The van der Waals surface area contributed by atoms with Crippen molar-refractivity contribution in [2.75, 3.05) is 64.7 Å². The average molecular weight is 566 g/mol. The molecule has 0 amide bonds. The van der Waals surface area contributed by atoms with Gasteiger partial charge in [-0.1, -0.05) is 6.07 Å². The Balaban J connectivity index is 0.00000259. The van der Waals surface area contributed by atoms with Crippen molar-refractivity contribution in [2.24, 2.45) is 4.99 Å². The monoisotopic (exact) mass is 566 g/mol. The second kappa shape index (κ2) is 10.7. The molecule has 1 N–H and O–H groups in total. The van der Waals surface area contributed by atoms with Gasteiger partial charge in [0, 0.05) is 70.8 Å². The molecule has 0 aliphatic carbocycles. The van der Waals surface area contributed by atoms with Crippen LogP contribution in [0.25, 0.3) is 0 Å². The summed E-state index contributed by atoms with van der Waals surface area (Å²) in [7, 11) is 1.85. The minimum absolute atomic E-state index is 0. The molecule has 4 heterocycles. The maximum atomic E-state index is 5.70. The minimum atomic E-state index is -0.0329. The van der Waals surface area contributed by atoms with Crippen LogP contribution in [0.1, 0.15) is 18.4 Å². The van der Waals surface area contributed by atoms with E-state index in [1.165, 1.54) is 5.56 Å². The molecule has 10 heteroatoms. The Kier molecular flexibility index (Phi) is 7.74. The zero-order valence-corrected chi connectivity index (χ0v) is 21.2. The van der Waals surface area contributed by atoms with Crippen LogP contribution in [0, 0.1) is 0 Å². The number of hydrogen-bond donors (Lipinski definition) is 1. The summed E-state index contributed by atoms with van der Waals surface area (Å²) in [6, 6.07) is 8.17. The van der Waals surface area contributed by atoms with Gasteiger partial charge >= 0.3 is 0 Å². The lowest BCUT2D eigenvalue weighted by Crippen LogP contribution is -2.55. The van der Waals surface area contributed by atoms with Crippen LogP contribution in [0.3, 0.4) is 0 Å². The van der Waals surface area contributed by atoms with Crippen LogP contribution in [0.2, 0.25) is 0 Å². The maximum Gasteiger partial charge on any atom is 0.231 e. The molecular weight excluding hydrogens is 535 g/mol. The summed E-state index contributed by atoms with van der Waals surface area (Å²) < 4.78 is 16.9. The molecule has 178 valence electrons. The molecule has 0 atom stereocenters. The SMILES string of the molecule is CN=C(NCC1(c2ccc3c(c2)OCO3)CCOCC1)N1CCN(c2ncccn2)CC1.I. The third-order valence-electron chi connectivity index (χ3n) is 6.65. The van der Waals surface area contributed by atoms with E-state index in [-0.39, 0.29) is 29.4 Å². The molecule has 0 spiro atoms. The number of aromatic nitrogens is 2. The molecule has 33 heavy (non-hydrogen) atoms. The molecule has 5 rings (SSSR count). The molecule has 2 fully saturated rings. The lowest BCUT2D eigenvalue weighted by Gasteiger charge is -2.40. The molecule has 3 aliphatic rings. The number of aliphatic imine (C=N–C) groups is 1. The first-order chi connectivity index (χ1) is 15.8. The van der Waals surface area contributed by atoms with Gasteiger partial charge in [-0.15, -0.1) is 24.0 Å². The Hall–Kier alpha value is -2.34. The first-order valence-corrected chi connectivity index (χ1v) is 11.2. The van der Waals surface area contributed by atoms with Crippen molar-refractivity contribution in [3.05, 3.63) is 42.2 Å². The van der Waals surface area contributed by atoms with Gasteiger partial charge in [-0.05, 0) is 36.6 Å². The second-order valence-electron chi connectivity index (χ2n) is 8.38. The maximum absolute atomic E-state index is 5.70. The van der Waals surface area contributed by atoms with E-state index in [1.807, 2.05) is 19.2 Å². The van der Waals surface area contributed by atoms with Crippen molar-refractivity contribution in [3.8, 4) is 11.5 Å². The molecule has 1 aromatic carbocycles. The van der Waals surface area contributed by atoms with E-state index >= 15 is 0 Å². The number of anilines is 1. The molecule has 0 radical (unpaired) electrons. The number of nitrogens with zero attached hydrogens (tertiary/aromatic N) is 5. The Morgan fingerprint density at radius 3 is 2.52 bits per heavy atom. The first kappa shape index (κ1) is 23.8. The van der Waals surface area contributed by atoms with Gasteiger partial charge in [0.05, 0.1) is 0 Å². The van der Waals surface area contributed by atoms with Gasteiger partial charge < -0.3 is 29.3 Å². The Morgan fingerprint density at radius 1 is 1.06 bits per heavy atom. The van der Waals surface area contributed by atoms with Crippen LogP contribution in [0.15, 0.2) is 41.7 Å². The molecule has 0 unspecified atom stereocenters. The molecule has 0 bridgehead atoms. The summed E-state index contributed by atoms with van der Waals surface area (Å²) in [6.07, 6.45) is 5.49. The summed E-state index contributed by atoms with van der Waals surface area (Å²) >= 11 is 0. The zero-order chi connectivity index (χ0) is 21.8. The van der Waals surface area contributed by atoms with Gasteiger partial charge in [0.2, 0.25) is 12.7 Å². The average Bonchev–Trinajstić information content (AvgIpc) is 3.34. The van der Waals surface area contributed by atoms with Crippen molar-refractivity contribution < 1.29 is 14.2 Å². The highest BCUT2D eigenvalue weighted by molar-refractivity contribution is 14.0. The molecular formula is C23H31IN6O3. The van der Waals surface area contributed by atoms with Crippen molar-refractivity contribution in [3.63, 3.8) is 0 Å². The van der Waals surface area contributed by atoms with Crippen molar-refractivity contribution in [1.82, 2.24) is 20.2 Å². The van der Waals surface area contributed by atoms with Crippen LogP contribution in [-0.2, 0) is 10.2 Å². The van der Waals surface area contributed by atoms with Crippen molar-refractivity contribution in [1.29, 1.82) is 0 Å². The Morgan fingerprint density at radius 2 is 1.79 bits per heavy atom. The van der Waals surface area contributed by atoms with Crippen LogP contribution in [-0.4, -0.2) is 80.6 Å². The number of nitrogens with one attached hydrogen (secondary N) is 1. The molecule has 2 aromatic rings. The number of fused-ring (bicyclic) bond motifs is 1. The number of benzene rings is 1. The zero-order valence-electron chi connectivity index (χ0n) is 18.9. The Labute approximate surface area is 211 Å². The predicted molar refractivity (Wildman–Crippen MR) is 137 cm³/mol. The fourth-order valence-corrected chi connectivity index (χ4v) is 4.71.